The Kier molecular flexibility index (Phi) is 5.22. The minimum Gasteiger partial charge on any atom is -0.126 e. The van der Waals surface area contributed by atoms with Gasteiger partial charge in [0, 0.05) is 6.42 Å². The SMILES string of the molecule is CC(=C=CCCc1ccccc1)Cc1ccccc1. The zero-order chi connectivity index (χ0) is 13.3. The van der Waals surface area contributed by atoms with E-state index in [-0.39, 0.29) is 0 Å². The van der Waals surface area contributed by atoms with Crippen LogP contribution in [0.4, 0.5) is 0 Å². The average Bonchev–Trinajstić information content (AvgIpc) is 2.46. The van der Waals surface area contributed by atoms with Crippen molar-refractivity contribution in [3.05, 3.63) is 89.2 Å². The van der Waals surface area contributed by atoms with E-state index in [1.165, 1.54) is 16.7 Å². The van der Waals surface area contributed by atoms with Gasteiger partial charge in [-0.15, -0.1) is 5.73 Å². The number of hydrogen-bond donors (Lipinski definition) is 0. The van der Waals surface area contributed by atoms with Gasteiger partial charge in [0.15, 0.2) is 0 Å². The molecule has 0 bridgehead atoms. The molecule has 0 saturated heterocycles. The molecule has 0 spiro atoms. The summed E-state index contributed by atoms with van der Waals surface area (Å²) in [6.07, 6.45) is 5.29. The van der Waals surface area contributed by atoms with Crippen molar-refractivity contribution in [1.29, 1.82) is 0 Å². The predicted octanol–water partition coefficient (Wildman–Crippen LogP) is 4.96. The fraction of sp³-hybridized carbons (Fsp3) is 0.211. The Hall–Kier alpha value is -2.04. The van der Waals surface area contributed by atoms with Gasteiger partial charge in [-0.1, -0.05) is 60.7 Å². The molecule has 2 aromatic rings. The van der Waals surface area contributed by atoms with Crippen LogP contribution in [0.25, 0.3) is 0 Å². The third-order valence-electron chi connectivity index (χ3n) is 3.08. The third-order valence-corrected chi connectivity index (χ3v) is 3.08. The molecule has 0 heterocycles. The van der Waals surface area contributed by atoms with Gasteiger partial charge in [0.05, 0.1) is 0 Å². The summed E-state index contributed by atoms with van der Waals surface area (Å²) in [5.74, 6) is 0. The molecule has 0 nitrogen and oxygen atoms in total. The summed E-state index contributed by atoms with van der Waals surface area (Å²) in [6, 6.07) is 21.1. The molecule has 2 aromatic carbocycles. The molecule has 0 heteroatoms. The monoisotopic (exact) mass is 248 g/mol. The van der Waals surface area contributed by atoms with Gasteiger partial charge in [-0.3, -0.25) is 0 Å². The average molecular weight is 248 g/mol. The maximum Gasteiger partial charge on any atom is 0.000622 e. The van der Waals surface area contributed by atoms with Crippen molar-refractivity contribution in [2.75, 3.05) is 0 Å². The summed E-state index contributed by atoms with van der Waals surface area (Å²) < 4.78 is 0. The first-order chi connectivity index (χ1) is 9.34. The quantitative estimate of drug-likeness (QED) is 0.656. The number of allylic oxidation sites excluding steroid dienone is 1. The van der Waals surface area contributed by atoms with E-state index >= 15 is 0 Å². The molecule has 0 aliphatic heterocycles. The lowest BCUT2D eigenvalue weighted by Crippen LogP contribution is -1.84. The van der Waals surface area contributed by atoms with Crippen molar-refractivity contribution in [3.63, 3.8) is 0 Å². The molecule has 0 saturated carbocycles. The molecule has 0 aromatic heterocycles. The second-order valence-corrected chi connectivity index (χ2v) is 4.82. The zero-order valence-electron chi connectivity index (χ0n) is 11.5. The second kappa shape index (κ2) is 7.41. The molecule has 0 amide bonds. The molecule has 0 aliphatic rings. The van der Waals surface area contributed by atoms with Crippen LogP contribution in [-0.2, 0) is 12.8 Å². The molecule has 0 atom stereocenters. The van der Waals surface area contributed by atoms with Gasteiger partial charge in [0.1, 0.15) is 0 Å². The fourth-order valence-electron chi connectivity index (χ4n) is 2.08. The highest BCUT2D eigenvalue weighted by Crippen LogP contribution is 2.07. The highest BCUT2D eigenvalue weighted by molar-refractivity contribution is 5.21. The molecule has 0 radical (unpaired) electrons. The van der Waals surface area contributed by atoms with Gasteiger partial charge in [0.25, 0.3) is 0 Å². The van der Waals surface area contributed by atoms with Crippen LogP contribution in [0.2, 0.25) is 0 Å². The van der Waals surface area contributed by atoms with E-state index in [1.807, 2.05) is 0 Å². The molecular formula is C19H20. The Morgan fingerprint density at radius 3 is 2.11 bits per heavy atom. The maximum atomic E-state index is 3.39. The van der Waals surface area contributed by atoms with Crippen molar-refractivity contribution in [1.82, 2.24) is 0 Å². The normalized spacial score (nSPS) is 9.74. The second-order valence-electron chi connectivity index (χ2n) is 4.82. The van der Waals surface area contributed by atoms with Crippen LogP contribution in [0, 0.1) is 0 Å². The van der Waals surface area contributed by atoms with Gasteiger partial charge < -0.3 is 0 Å². The van der Waals surface area contributed by atoms with E-state index < -0.39 is 0 Å². The van der Waals surface area contributed by atoms with Crippen LogP contribution in [0.15, 0.2) is 78.0 Å². The summed E-state index contributed by atoms with van der Waals surface area (Å²) in [5.41, 5.74) is 7.42. The number of rotatable bonds is 5. The number of aryl methyl sites for hydroxylation is 1. The molecule has 0 aliphatic carbocycles. The van der Waals surface area contributed by atoms with Crippen LogP contribution < -0.4 is 0 Å². The van der Waals surface area contributed by atoms with Crippen molar-refractivity contribution >= 4 is 0 Å². The molecular weight excluding hydrogens is 228 g/mol. The van der Waals surface area contributed by atoms with Crippen LogP contribution in [0.3, 0.4) is 0 Å². The standard InChI is InChI=1S/C19H20/c1-17(16-19-14-6-3-7-15-19)10-8-9-13-18-11-4-2-5-12-18/h2-8,11-12,14-15H,9,13,16H2,1H3. The molecule has 0 fully saturated rings. The Bertz CT molecular complexity index is 543. The van der Waals surface area contributed by atoms with Crippen LogP contribution >= 0.6 is 0 Å². The van der Waals surface area contributed by atoms with Crippen LogP contribution in [0.1, 0.15) is 24.5 Å². The first-order valence-corrected chi connectivity index (χ1v) is 6.83. The molecule has 2 rings (SSSR count). The van der Waals surface area contributed by atoms with E-state index in [2.05, 4.69) is 79.4 Å². The minimum absolute atomic E-state index is 0.989. The van der Waals surface area contributed by atoms with Crippen molar-refractivity contribution < 1.29 is 0 Å². The van der Waals surface area contributed by atoms with E-state index in [0.29, 0.717) is 0 Å². The Balaban J connectivity index is 1.85. The van der Waals surface area contributed by atoms with Crippen LogP contribution in [-0.4, -0.2) is 0 Å². The van der Waals surface area contributed by atoms with Crippen molar-refractivity contribution in [2.45, 2.75) is 26.2 Å². The lowest BCUT2D eigenvalue weighted by Gasteiger charge is -1.98. The minimum atomic E-state index is 0.989. The van der Waals surface area contributed by atoms with Gasteiger partial charge in [-0.05, 0) is 42.5 Å². The topological polar surface area (TPSA) is 0 Å². The van der Waals surface area contributed by atoms with E-state index in [1.54, 1.807) is 0 Å². The lowest BCUT2D eigenvalue weighted by molar-refractivity contribution is 1.000. The lowest BCUT2D eigenvalue weighted by atomic mass is 10.1. The summed E-state index contributed by atoms with van der Waals surface area (Å²) in [7, 11) is 0. The zero-order valence-corrected chi connectivity index (χ0v) is 11.5. The maximum absolute atomic E-state index is 3.39. The highest BCUT2D eigenvalue weighted by atomic mass is 14.0. The summed E-state index contributed by atoms with van der Waals surface area (Å²) >= 11 is 0. The largest absolute Gasteiger partial charge is 0.126 e. The van der Waals surface area contributed by atoms with Crippen molar-refractivity contribution in [3.8, 4) is 0 Å². The number of hydrogen-bond acceptors (Lipinski definition) is 0. The van der Waals surface area contributed by atoms with Gasteiger partial charge >= 0.3 is 0 Å². The molecule has 19 heavy (non-hydrogen) atoms. The summed E-state index contributed by atoms with van der Waals surface area (Å²) in [5, 5.41) is 0. The van der Waals surface area contributed by atoms with Gasteiger partial charge in [-0.2, -0.15) is 0 Å². The molecule has 0 unspecified atom stereocenters. The first-order valence-electron chi connectivity index (χ1n) is 6.83. The third kappa shape index (κ3) is 4.99. The smallest absolute Gasteiger partial charge is 0.000622 e. The molecule has 0 N–H and O–H groups in total. The highest BCUT2D eigenvalue weighted by Gasteiger charge is 1.92. The Labute approximate surface area is 116 Å². The molecule has 96 valence electrons. The van der Waals surface area contributed by atoms with Gasteiger partial charge in [0.2, 0.25) is 0 Å². The van der Waals surface area contributed by atoms with E-state index in [0.717, 1.165) is 19.3 Å². The Morgan fingerprint density at radius 2 is 1.47 bits per heavy atom. The van der Waals surface area contributed by atoms with Crippen LogP contribution in [0.5, 0.6) is 0 Å². The van der Waals surface area contributed by atoms with E-state index in [9.17, 15) is 0 Å². The first kappa shape index (κ1) is 13.4. The van der Waals surface area contributed by atoms with Gasteiger partial charge in [-0.25, -0.2) is 0 Å². The summed E-state index contributed by atoms with van der Waals surface area (Å²) in [4.78, 5) is 0. The van der Waals surface area contributed by atoms with Crippen molar-refractivity contribution in [2.24, 2.45) is 0 Å². The number of benzene rings is 2. The Morgan fingerprint density at radius 1 is 0.895 bits per heavy atom. The summed E-state index contributed by atoms with van der Waals surface area (Å²) in [6.45, 7) is 2.14. The van der Waals surface area contributed by atoms with E-state index in [4.69, 9.17) is 0 Å². The fourth-order valence-corrected chi connectivity index (χ4v) is 2.08. The predicted molar refractivity (Wildman–Crippen MR) is 82.2 cm³/mol.